The number of primary amides is 1. The highest BCUT2D eigenvalue weighted by Gasteiger charge is 2.40. The van der Waals surface area contributed by atoms with Crippen LogP contribution in [0.3, 0.4) is 0 Å². The van der Waals surface area contributed by atoms with E-state index in [0.29, 0.717) is 25.3 Å². The van der Waals surface area contributed by atoms with E-state index in [4.69, 9.17) is 5.73 Å². The van der Waals surface area contributed by atoms with E-state index in [-0.39, 0.29) is 18.4 Å². The molecule has 0 spiro atoms. The molecule has 0 bridgehead atoms. The van der Waals surface area contributed by atoms with Crippen molar-refractivity contribution < 1.29 is 14.4 Å². The number of nitrogens with two attached hydrogens (primary N) is 1. The Bertz CT molecular complexity index is 2020. The fourth-order valence-corrected chi connectivity index (χ4v) is 7.52. The van der Waals surface area contributed by atoms with Crippen molar-refractivity contribution in [1.29, 1.82) is 0 Å². The maximum Gasteiger partial charge on any atom is 0.251 e. The predicted octanol–water partition coefficient (Wildman–Crippen LogP) is 8.38. The Morgan fingerprint density at radius 1 is 0.784 bits per heavy atom. The fraction of sp³-hybridized carbons (Fsp3) is 0.295. The number of nitrogens with one attached hydrogen (secondary N) is 1. The second kappa shape index (κ2) is 15.2. The van der Waals surface area contributed by atoms with Crippen molar-refractivity contribution in [2.45, 2.75) is 58.0 Å². The van der Waals surface area contributed by atoms with Crippen molar-refractivity contribution in [3.8, 4) is 11.1 Å². The van der Waals surface area contributed by atoms with Gasteiger partial charge in [-0.2, -0.15) is 0 Å². The lowest BCUT2D eigenvalue weighted by Crippen LogP contribution is -2.54. The molecule has 5 aromatic carbocycles. The van der Waals surface area contributed by atoms with Crippen molar-refractivity contribution in [3.05, 3.63) is 127 Å². The molecular formula is C44H46N4O3. The summed E-state index contributed by atoms with van der Waals surface area (Å²) < 4.78 is 0. The number of carbonyl (C=O) groups is 3. The van der Waals surface area contributed by atoms with E-state index in [9.17, 15) is 14.4 Å². The smallest absolute Gasteiger partial charge is 0.251 e. The molecule has 1 heterocycles. The van der Waals surface area contributed by atoms with Crippen LogP contribution in [0.1, 0.15) is 51.0 Å². The van der Waals surface area contributed by atoms with E-state index in [2.05, 4.69) is 59.6 Å². The molecule has 0 radical (unpaired) electrons. The third kappa shape index (κ3) is 7.68. The minimum Gasteiger partial charge on any atom is -0.369 e. The lowest BCUT2D eigenvalue weighted by Gasteiger charge is -2.29. The number of para-hydroxylation sites is 3. The van der Waals surface area contributed by atoms with Crippen LogP contribution >= 0.6 is 0 Å². The maximum absolute atomic E-state index is 14.9. The van der Waals surface area contributed by atoms with Gasteiger partial charge in [-0.1, -0.05) is 118 Å². The van der Waals surface area contributed by atoms with Gasteiger partial charge in [-0.25, -0.2) is 0 Å². The average molecular weight is 679 g/mol. The summed E-state index contributed by atoms with van der Waals surface area (Å²) in [5.41, 5.74) is 11.7. The zero-order valence-corrected chi connectivity index (χ0v) is 29.2. The Balaban J connectivity index is 1.24. The molecule has 51 heavy (non-hydrogen) atoms. The summed E-state index contributed by atoms with van der Waals surface area (Å²) in [6.45, 7) is 2.63. The minimum atomic E-state index is -0.866. The summed E-state index contributed by atoms with van der Waals surface area (Å²) in [5, 5.41) is 5.54. The quantitative estimate of drug-likeness (QED) is 0.131. The summed E-state index contributed by atoms with van der Waals surface area (Å²) in [5.74, 6) is -1.63. The van der Waals surface area contributed by atoms with E-state index in [1.54, 1.807) is 4.90 Å². The van der Waals surface area contributed by atoms with Crippen LogP contribution in [0.2, 0.25) is 0 Å². The fourth-order valence-electron chi connectivity index (χ4n) is 7.52. The molecule has 3 atom stereocenters. The summed E-state index contributed by atoms with van der Waals surface area (Å²) >= 11 is 0. The number of carbonyl (C=O) groups excluding carboxylic acids is 3. The van der Waals surface area contributed by atoms with Gasteiger partial charge >= 0.3 is 0 Å². The van der Waals surface area contributed by atoms with Crippen LogP contribution in [0.15, 0.2) is 121 Å². The molecule has 1 fully saturated rings. The van der Waals surface area contributed by atoms with Gasteiger partial charge in [-0.15, -0.1) is 0 Å². The Morgan fingerprint density at radius 2 is 1.49 bits per heavy atom. The molecule has 0 aromatic heterocycles. The standard InChI is InChI=1S/C44H46N4O3/c1-2-3-18-37(42(45)49)38(26-30-21-22-30)43(50)46-39-29-47(36-16-5-4-6-17-36)40-19-9-10-20-41(40)48(44(39)51)28-31-12-11-15-33(25-31)35-24-23-32-13-7-8-14-34(32)27-35/h4-17,19-20,23-25,27,30,37-39H,2-3,18,21-22,26,28-29H2,1H3,(H2,45,49)(H,46,50)/t37-,38+,39?/m0/s1. The van der Waals surface area contributed by atoms with Crippen LogP contribution in [0.25, 0.3) is 21.9 Å². The number of rotatable bonds is 13. The number of anilines is 3. The van der Waals surface area contributed by atoms with Crippen LogP contribution in [0.5, 0.6) is 0 Å². The summed E-state index contributed by atoms with van der Waals surface area (Å²) in [6.07, 6.45) is 5.00. The number of hydrogen-bond acceptors (Lipinski definition) is 4. The highest BCUT2D eigenvalue weighted by molar-refractivity contribution is 6.04. The minimum absolute atomic E-state index is 0.195. The van der Waals surface area contributed by atoms with Crippen LogP contribution in [0.4, 0.5) is 17.1 Å². The first-order valence-corrected chi connectivity index (χ1v) is 18.3. The molecule has 1 aliphatic carbocycles. The molecular weight excluding hydrogens is 633 g/mol. The van der Waals surface area contributed by atoms with Crippen LogP contribution in [0, 0.1) is 17.8 Å². The predicted molar refractivity (Wildman–Crippen MR) is 205 cm³/mol. The molecule has 1 aliphatic heterocycles. The number of hydrogen-bond donors (Lipinski definition) is 2. The molecule has 5 aromatic rings. The van der Waals surface area contributed by atoms with E-state index < -0.39 is 23.8 Å². The number of benzene rings is 5. The Hall–Kier alpha value is -5.43. The molecule has 3 N–H and O–H groups in total. The SMILES string of the molecule is CCCC[C@H](C(N)=O)[C@@H](CC1CC1)C(=O)NC1CN(c2ccccc2)c2ccccc2N(Cc2cccc(-c3ccc4ccccc4c3)c2)C1=O. The molecule has 7 heteroatoms. The average Bonchev–Trinajstić information content (AvgIpc) is 4.00. The van der Waals surface area contributed by atoms with Gasteiger partial charge in [0, 0.05) is 17.5 Å². The first-order chi connectivity index (χ1) is 24.9. The highest BCUT2D eigenvalue weighted by atomic mass is 16.2. The largest absolute Gasteiger partial charge is 0.369 e. The van der Waals surface area contributed by atoms with E-state index in [0.717, 1.165) is 59.4 Å². The van der Waals surface area contributed by atoms with Crippen LogP contribution < -0.4 is 20.9 Å². The number of nitrogens with zero attached hydrogens (tertiary/aromatic N) is 2. The zero-order chi connectivity index (χ0) is 35.3. The highest BCUT2D eigenvalue weighted by Crippen LogP contribution is 2.40. The molecule has 7 nitrogen and oxygen atoms in total. The van der Waals surface area contributed by atoms with Crippen molar-refractivity contribution >= 4 is 45.6 Å². The summed E-state index contributed by atoms with van der Waals surface area (Å²) in [4.78, 5) is 45.8. The normalized spacial score (nSPS) is 17.0. The van der Waals surface area contributed by atoms with E-state index in [1.807, 2.05) is 78.9 Å². The van der Waals surface area contributed by atoms with Gasteiger partial charge in [-0.3, -0.25) is 14.4 Å². The first-order valence-electron chi connectivity index (χ1n) is 18.3. The molecule has 7 rings (SSSR count). The molecule has 1 unspecified atom stereocenters. The summed E-state index contributed by atoms with van der Waals surface area (Å²) in [7, 11) is 0. The Labute approximate surface area is 300 Å². The van der Waals surface area contributed by atoms with E-state index in [1.165, 1.54) is 10.8 Å². The molecule has 260 valence electrons. The van der Waals surface area contributed by atoms with Crippen molar-refractivity contribution in [2.75, 3.05) is 16.3 Å². The van der Waals surface area contributed by atoms with Crippen LogP contribution in [-0.2, 0) is 20.9 Å². The van der Waals surface area contributed by atoms with Crippen molar-refractivity contribution in [2.24, 2.45) is 23.5 Å². The Kier molecular flexibility index (Phi) is 10.2. The van der Waals surface area contributed by atoms with Gasteiger partial charge in [0.15, 0.2) is 0 Å². The van der Waals surface area contributed by atoms with Gasteiger partial charge in [-0.05, 0) is 82.6 Å². The lowest BCUT2D eigenvalue weighted by molar-refractivity contribution is -0.135. The molecule has 1 saturated carbocycles. The third-order valence-corrected chi connectivity index (χ3v) is 10.5. The first kappa shape index (κ1) is 34.0. The van der Waals surface area contributed by atoms with Gasteiger partial charge in [0.25, 0.3) is 5.91 Å². The van der Waals surface area contributed by atoms with Crippen molar-refractivity contribution in [1.82, 2.24) is 5.32 Å². The van der Waals surface area contributed by atoms with Crippen molar-refractivity contribution in [3.63, 3.8) is 0 Å². The lowest BCUT2D eigenvalue weighted by atomic mass is 9.82. The van der Waals surface area contributed by atoms with Gasteiger partial charge < -0.3 is 20.9 Å². The maximum atomic E-state index is 14.9. The zero-order valence-electron chi connectivity index (χ0n) is 29.2. The molecule has 3 amide bonds. The number of amides is 3. The monoisotopic (exact) mass is 678 g/mol. The molecule has 0 saturated heterocycles. The van der Waals surface area contributed by atoms with Crippen LogP contribution in [-0.4, -0.2) is 30.3 Å². The van der Waals surface area contributed by atoms with E-state index >= 15 is 0 Å². The molecule has 2 aliphatic rings. The van der Waals surface area contributed by atoms with Gasteiger partial charge in [0.2, 0.25) is 11.8 Å². The van der Waals surface area contributed by atoms with Gasteiger partial charge in [0.05, 0.1) is 24.5 Å². The second-order valence-corrected chi connectivity index (χ2v) is 14.1. The summed E-state index contributed by atoms with van der Waals surface area (Å²) in [6, 6.07) is 40.1. The third-order valence-electron chi connectivity index (χ3n) is 10.5. The number of unbranched alkanes of at least 4 members (excludes halogenated alkanes) is 1. The second-order valence-electron chi connectivity index (χ2n) is 14.1. The Morgan fingerprint density at radius 3 is 2.24 bits per heavy atom. The number of fused-ring (bicyclic) bond motifs is 2. The van der Waals surface area contributed by atoms with Gasteiger partial charge in [0.1, 0.15) is 6.04 Å². The topological polar surface area (TPSA) is 95.7 Å².